The summed E-state index contributed by atoms with van der Waals surface area (Å²) in [7, 11) is 0. The van der Waals surface area contributed by atoms with Gasteiger partial charge in [0, 0.05) is 22.7 Å². The van der Waals surface area contributed by atoms with E-state index in [1.165, 1.54) is 0 Å². The van der Waals surface area contributed by atoms with E-state index in [9.17, 15) is 0 Å². The molecule has 0 unspecified atom stereocenters. The number of nitrogens with one attached hydrogen (secondary N) is 1. The predicted octanol–water partition coefficient (Wildman–Crippen LogP) is 4.21. The highest BCUT2D eigenvalue weighted by Crippen LogP contribution is 2.20. The molecule has 1 aromatic carbocycles. The normalized spacial score (nSPS) is 11.9. The van der Waals surface area contributed by atoms with E-state index in [4.69, 9.17) is 5.26 Å². The molecule has 0 radical (unpaired) electrons. The monoisotopic (exact) mass is 234 g/mol. The van der Waals surface area contributed by atoms with Crippen molar-refractivity contribution in [2.75, 3.05) is 0 Å². The van der Waals surface area contributed by atoms with Crippen LogP contribution >= 0.6 is 0 Å². The molecule has 0 amide bonds. The van der Waals surface area contributed by atoms with Crippen molar-refractivity contribution in [1.82, 2.24) is 4.98 Å². The predicted molar refractivity (Wildman–Crippen MR) is 75.8 cm³/mol. The Morgan fingerprint density at radius 3 is 2.83 bits per heavy atom. The molecule has 2 rings (SSSR count). The van der Waals surface area contributed by atoms with Crippen molar-refractivity contribution in [1.29, 1.82) is 5.26 Å². The molecular formula is C16H14N2. The number of aromatic nitrogens is 1. The molecule has 0 saturated heterocycles. The molecule has 1 N–H and O–H groups in total. The maximum absolute atomic E-state index is 9.10. The van der Waals surface area contributed by atoms with Crippen molar-refractivity contribution in [3.63, 3.8) is 0 Å². The molecule has 0 fully saturated rings. The second-order valence-electron chi connectivity index (χ2n) is 4.18. The Morgan fingerprint density at radius 2 is 2.11 bits per heavy atom. The number of nitrogens with zero attached hydrogens (tertiary/aromatic N) is 1. The first kappa shape index (κ1) is 11.9. The molecule has 88 valence electrons. The van der Waals surface area contributed by atoms with E-state index in [2.05, 4.69) is 17.6 Å². The summed E-state index contributed by atoms with van der Waals surface area (Å²) in [6, 6.07) is 10.2. The smallest absolute Gasteiger partial charge is 0.0991 e. The van der Waals surface area contributed by atoms with Crippen LogP contribution in [0.15, 0.2) is 60.3 Å². The van der Waals surface area contributed by atoms with Gasteiger partial charge in [0.15, 0.2) is 0 Å². The molecule has 0 spiro atoms. The fraction of sp³-hybridized carbons (Fsp3) is 0.0625. The summed E-state index contributed by atoms with van der Waals surface area (Å²) in [6.45, 7) is 5.68. The second-order valence-corrected chi connectivity index (χ2v) is 4.18. The minimum absolute atomic E-state index is 0.614. The summed E-state index contributed by atoms with van der Waals surface area (Å²) in [4.78, 5) is 3.19. The van der Waals surface area contributed by atoms with E-state index >= 15 is 0 Å². The van der Waals surface area contributed by atoms with Crippen LogP contribution in [0.25, 0.3) is 17.0 Å². The summed E-state index contributed by atoms with van der Waals surface area (Å²) >= 11 is 0. The van der Waals surface area contributed by atoms with Crippen LogP contribution in [0.5, 0.6) is 0 Å². The topological polar surface area (TPSA) is 39.6 Å². The minimum atomic E-state index is 0.614. The SMILES string of the molecule is C=C(C)/C=C/C(C#N)=C/c1c[nH]c2ccccc12. The van der Waals surface area contributed by atoms with Crippen LogP contribution in [0.1, 0.15) is 12.5 Å². The van der Waals surface area contributed by atoms with Gasteiger partial charge in [0.1, 0.15) is 0 Å². The van der Waals surface area contributed by atoms with Gasteiger partial charge in [-0.1, -0.05) is 36.4 Å². The van der Waals surface area contributed by atoms with Gasteiger partial charge >= 0.3 is 0 Å². The summed E-state index contributed by atoms with van der Waals surface area (Å²) < 4.78 is 0. The molecule has 2 aromatic rings. The first-order valence-electron chi connectivity index (χ1n) is 5.72. The number of nitriles is 1. The van der Waals surface area contributed by atoms with Gasteiger partial charge in [-0.3, -0.25) is 0 Å². The van der Waals surface area contributed by atoms with Gasteiger partial charge in [0.25, 0.3) is 0 Å². The molecule has 1 heterocycles. The Morgan fingerprint density at radius 1 is 1.33 bits per heavy atom. The molecule has 0 aliphatic carbocycles. The minimum Gasteiger partial charge on any atom is -0.361 e. The lowest BCUT2D eigenvalue weighted by Gasteiger charge is -1.92. The van der Waals surface area contributed by atoms with Crippen molar-refractivity contribution >= 4 is 17.0 Å². The van der Waals surface area contributed by atoms with Crippen molar-refractivity contribution < 1.29 is 0 Å². The molecule has 0 atom stereocenters. The van der Waals surface area contributed by atoms with Crippen LogP contribution in [0.3, 0.4) is 0 Å². The van der Waals surface area contributed by atoms with Crippen LogP contribution in [0, 0.1) is 11.3 Å². The fourth-order valence-corrected chi connectivity index (χ4v) is 1.73. The van der Waals surface area contributed by atoms with Crippen molar-refractivity contribution in [2.24, 2.45) is 0 Å². The molecular weight excluding hydrogens is 220 g/mol. The zero-order valence-corrected chi connectivity index (χ0v) is 10.3. The maximum Gasteiger partial charge on any atom is 0.0991 e. The lowest BCUT2D eigenvalue weighted by molar-refractivity contribution is 1.46. The number of H-pyrrole nitrogens is 1. The molecule has 0 saturated carbocycles. The second kappa shape index (κ2) is 5.20. The van der Waals surface area contributed by atoms with E-state index in [0.29, 0.717) is 5.57 Å². The van der Waals surface area contributed by atoms with Crippen molar-refractivity contribution in [3.05, 3.63) is 65.9 Å². The maximum atomic E-state index is 9.10. The fourth-order valence-electron chi connectivity index (χ4n) is 1.73. The lowest BCUT2D eigenvalue weighted by atomic mass is 10.1. The molecule has 18 heavy (non-hydrogen) atoms. The Labute approximate surface area is 107 Å². The average Bonchev–Trinajstić information content (AvgIpc) is 2.77. The Bertz CT molecular complexity index is 678. The lowest BCUT2D eigenvalue weighted by Crippen LogP contribution is -1.74. The average molecular weight is 234 g/mol. The van der Waals surface area contributed by atoms with Gasteiger partial charge in [-0.25, -0.2) is 0 Å². The quantitative estimate of drug-likeness (QED) is 0.627. The van der Waals surface area contributed by atoms with Crippen LogP contribution in [-0.2, 0) is 0 Å². The third-order valence-electron chi connectivity index (χ3n) is 2.61. The van der Waals surface area contributed by atoms with Gasteiger partial charge in [-0.05, 0) is 25.1 Å². The molecule has 2 nitrogen and oxygen atoms in total. The van der Waals surface area contributed by atoms with Gasteiger partial charge in [0.05, 0.1) is 11.6 Å². The van der Waals surface area contributed by atoms with Crippen LogP contribution < -0.4 is 0 Å². The van der Waals surface area contributed by atoms with E-state index in [1.54, 1.807) is 6.08 Å². The summed E-state index contributed by atoms with van der Waals surface area (Å²) in [5.74, 6) is 0. The van der Waals surface area contributed by atoms with Gasteiger partial charge in [0.2, 0.25) is 0 Å². The van der Waals surface area contributed by atoms with Crippen molar-refractivity contribution in [3.8, 4) is 6.07 Å². The first-order chi connectivity index (χ1) is 8.70. The number of para-hydroxylation sites is 1. The van der Waals surface area contributed by atoms with Gasteiger partial charge in [-0.2, -0.15) is 5.26 Å². The zero-order chi connectivity index (χ0) is 13.0. The van der Waals surface area contributed by atoms with Gasteiger partial charge < -0.3 is 4.98 Å². The Balaban J connectivity index is 2.42. The standard InChI is InChI=1S/C16H14N2/c1-12(2)7-8-13(10-17)9-14-11-18-16-6-4-3-5-15(14)16/h3-9,11,18H,1H2,2H3/b8-7+,13-9-. The molecule has 2 heteroatoms. The number of aromatic amines is 1. The number of benzene rings is 1. The highest BCUT2D eigenvalue weighted by molar-refractivity contribution is 5.89. The van der Waals surface area contributed by atoms with E-state index in [1.807, 2.05) is 49.5 Å². The summed E-state index contributed by atoms with van der Waals surface area (Å²) in [6.07, 6.45) is 7.41. The summed E-state index contributed by atoms with van der Waals surface area (Å²) in [5, 5.41) is 10.2. The molecule has 0 aliphatic heterocycles. The number of hydrogen-bond donors (Lipinski definition) is 1. The number of fused-ring (bicyclic) bond motifs is 1. The third-order valence-corrected chi connectivity index (χ3v) is 2.61. The Kier molecular flexibility index (Phi) is 3.45. The zero-order valence-electron chi connectivity index (χ0n) is 10.3. The van der Waals surface area contributed by atoms with Crippen LogP contribution in [0.2, 0.25) is 0 Å². The molecule has 0 aliphatic rings. The Hall–Kier alpha value is -2.53. The van der Waals surface area contributed by atoms with E-state index in [-0.39, 0.29) is 0 Å². The number of allylic oxidation sites excluding steroid dienone is 4. The molecule has 0 bridgehead atoms. The molecule has 1 aromatic heterocycles. The number of rotatable bonds is 3. The van der Waals surface area contributed by atoms with Crippen LogP contribution in [0.4, 0.5) is 0 Å². The first-order valence-corrected chi connectivity index (χ1v) is 5.72. The largest absolute Gasteiger partial charge is 0.361 e. The van der Waals surface area contributed by atoms with Crippen LogP contribution in [-0.4, -0.2) is 4.98 Å². The highest BCUT2D eigenvalue weighted by atomic mass is 14.7. The third kappa shape index (κ3) is 2.58. The van der Waals surface area contributed by atoms with Gasteiger partial charge in [-0.15, -0.1) is 0 Å². The van der Waals surface area contributed by atoms with E-state index < -0.39 is 0 Å². The number of hydrogen-bond acceptors (Lipinski definition) is 1. The highest BCUT2D eigenvalue weighted by Gasteiger charge is 2.00. The van der Waals surface area contributed by atoms with Crippen molar-refractivity contribution in [2.45, 2.75) is 6.92 Å². The summed E-state index contributed by atoms with van der Waals surface area (Å²) in [5.41, 5.74) is 3.64. The van der Waals surface area contributed by atoms with E-state index in [0.717, 1.165) is 22.0 Å².